The maximum Gasteiger partial charge on any atom is 2.00 e. The molecule has 0 amide bonds. The van der Waals surface area contributed by atoms with Crippen LogP contribution in [0.4, 0.5) is 0 Å². The van der Waals surface area contributed by atoms with E-state index in [-0.39, 0.29) is 210 Å². The van der Waals surface area contributed by atoms with Gasteiger partial charge in [0, 0.05) is 72.0 Å². The zero-order chi connectivity index (χ0) is 71.3. The normalized spacial score (nSPS) is 14.9. The Hall–Kier alpha value is -6.36. The predicted molar refractivity (Wildman–Crippen MR) is 423 cm³/mol. The van der Waals surface area contributed by atoms with E-state index in [2.05, 4.69) is 18.2 Å². The number of rotatable bonds is 12. The summed E-state index contributed by atoms with van der Waals surface area (Å²) in [6, 6.07) is 40.6. The number of ether oxygens (including phenoxy) is 4. The van der Waals surface area contributed by atoms with Crippen LogP contribution in [0.15, 0.2) is 127 Å². The number of hydrogen-bond acceptors (Lipinski definition) is 10. The van der Waals surface area contributed by atoms with Crippen LogP contribution in [0.25, 0.3) is 101 Å². The first kappa shape index (κ1) is 72.8. The molecule has 0 unspecified atom stereocenters. The number of nitrogens with zero attached hydrogens (tertiary/aromatic N) is 8. The second-order valence-corrected chi connectivity index (χ2v) is 31.0. The second kappa shape index (κ2) is 30.2. The molecule has 524 valence electrons. The van der Waals surface area contributed by atoms with Crippen LogP contribution in [0.3, 0.4) is 0 Å². The summed E-state index contributed by atoms with van der Waals surface area (Å²) in [5, 5.41) is -0.160. The van der Waals surface area contributed by atoms with Crippen molar-refractivity contribution in [3.63, 3.8) is 0 Å². The summed E-state index contributed by atoms with van der Waals surface area (Å²) in [6.45, 7) is 0. The maximum atomic E-state index is 7.83. The Kier molecular flexibility index (Phi) is 21.0. The third-order valence-electron chi connectivity index (χ3n) is 20.3. The van der Waals surface area contributed by atoms with Gasteiger partial charge in [0.05, 0.1) is 63.5 Å². The van der Waals surface area contributed by atoms with Crippen LogP contribution in [-0.2, 0) is 19.5 Å². The summed E-state index contributed by atoms with van der Waals surface area (Å²) in [4.78, 5) is 41.8. The van der Waals surface area contributed by atoms with Gasteiger partial charge in [-0.1, -0.05) is 300 Å². The number of para-hydroxylation sites is 4. The molecule has 0 radical (unpaired) electrons. The topological polar surface area (TPSA) is 142 Å². The smallest absolute Gasteiger partial charge is 0.454 e. The fraction of sp³-hybridized carbons (Fsp3) is 0.225. The van der Waals surface area contributed by atoms with Gasteiger partial charge >= 0.3 is 19.5 Å². The van der Waals surface area contributed by atoms with Crippen molar-refractivity contribution in [2.75, 3.05) is 0 Å². The van der Waals surface area contributed by atoms with E-state index in [1.165, 1.54) is 0 Å². The van der Waals surface area contributed by atoms with Crippen molar-refractivity contribution in [1.29, 1.82) is 0 Å². The van der Waals surface area contributed by atoms with Crippen LogP contribution in [0.2, 0.25) is 60.3 Å². The van der Waals surface area contributed by atoms with Gasteiger partial charge in [-0.3, -0.25) is 0 Å². The van der Waals surface area contributed by atoms with Crippen LogP contribution in [0.1, 0.15) is 131 Å². The summed E-state index contributed by atoms with van der Waals surface area (Å²) in [5.41, 5.74) is 4.66. The van der Waals surface area contributed by atoms with Crippen LogP contribution in [-0.4, -0.2) is 29.9 Å². The molecule has 105 heavy (non-hydrogen) atoms. The standard InChI is InChI=1S/C80H54Cl12N8O4.Zn/c81-57-49-53(61(85)69(65(57)89)101-45-33-17-13-29-41(45)37-21-5-1-6-22-37)77-94-73(49)93-74-50-55(63(87)71(66(90)58(50)82)103-47-35-19-15-31-43(47)39-25-9-3-10-26-39)79(95-74)100-80-56-52(60(84)68(92)72(64(56)88)104-48-36-20-16-32-44(48)40-27-11-4-12-28-40)76(99-80)98-78-54-51(75(96-77)97-78)59(83)67(91)70(62(54)86)102-46-34-18-14-30-42(46)38-23-7-2-8-24-38;/h1,5-6,13-22,29-36,38-40H,2-4,7-12,23-28H2;/q-2;+2. The van der Waals surface area contributed by atoms with Gasteiger partial charge in [-0.05, 0) is 103 Å². The minimum absolute atomic E-state index is 0. The van der Waals surface area contributed by atoms with Crippen molar-refractivity contribution in [1.82, 2.24) is 39.9 Å². The zero-order valence-corrected chi connectivity index (χ0v) is 67.5. The third kappa shape index (κ3) is 13.0. The Labute approximate surface area is 676 Å². The molecule has 17 rings (SSSR count). The van der Waals surface area contributed by atoms with E-state index in [0.29, 0.717) is 23.0 Å². The largest absolute Gasteiger partial charge is 2.00 e. The number of aromatic nitrogens is 8. The van der Waals surface area contributed by atoms with E-state index in [4.69, 9.17) is 198 Å². The molecule has 3 aromatic heterocycles. The molecule has 12 aromatic rings. The summed E-state index contributed by atoms with van der Waals surface area (Å²) in [6.07, 6.45) is 15.8. The predicted octanol–water partition coefficient (Wildman–Crippen LogP) is 28.9. The maximum absolute atomic E-state index is 7.83. The number of halogens is 12. The van der Waals surface area contributed by atoms with Crippen LogP contribution < -0.4 is 28.9 Å². The molecule has 3 fully saturated rings. The average molecular weight is 1680 g/mol. The molecule has 9 aromatic carbocycles. The fourth-order valence-corrected chi connectivity index (χ4v) is 18.7. The molecule has 25 heteroatoms. The molecule has 0 saturated heterocycles. The number of benzene rings is 9. The summed E-state index contributed by atoms with van der Waals surface area (Å²) in [7, 11) is 0. The third-order valence-corrected chi connectivity index (χ3v) is 25.1. The summed E-state index contributed by atoms with van der Waals surface area (Å²) in [5.74, 6) is 2.30. The molecule has 5 aliphatic rings. The quantitative estimate of drug-likeness (QED) is 0.0849. The molecule has 2 aliphatic heterocycles. The van der Waals surface area contributed by atoms with Gasteiger partial charge < -0.3 is 48.9 Å². The minimum Gasteiger partial charge on any atom is -0.454 e. The first-order valence-electron chi connectivity index (χ1n) is 34.3. The van der Waals surface area contributed by atoms with Gasteiger partial charge in [-0.25, -0.2) is 9.97 Å². The summed E-state index contributed by atoms with van der Waals surface area (Å²) < 4.78 is 27.5. The Morgan fingerprint density at radius 2 is 0.543 bits per heavy atom. The first-order chi connectivity index (χ1) is 50.6. The van der Waals surface area contributed by atoms with E-state index in [9.17, 15) is 0 Å². The number of hydrogen-bond donors (Lipinski definition) is 0. The molecule has 3 saturated carbocycles. The van der Waals surface area contributed by atoms with Crippen LogP contribution >= 0.6 is 139 Å². The molecular weight excluding hydrogens is 1630 g/mol. The van der Waals surface area contributed by atoms with Gasteiger partial charge in [0.25, 0.3) is 0 Å². The van der Waals surface area contributed by atoms with Crippen molar-refractivity contribution in [3.8, 4) is 103 Å². The van der Waals surface area contributed by atoms with Crippen molar-refractivity contribution < 1.29 is 38.4 Å². The monoisotopic (exact) mass is 1670 g/mol. The first-order valence-corrected chi connectivity index (χ1v) is 38.8. The van der Waals surface area contributed by atoms with Gasteiger partial charge in [-0.2, -0.15) is 0 Å². The Morgan fingerprint density at radius 1 is 0.267 bits per heavy atom. The molecule has 0 N–H and O–H groups in total. The molecular formula is C80H54Cl12N8O4Zn. The second-order valence-electron chi connectivity index (χ2n) is 26.5. The Morgan fingerprint density at radius 3 is 0.905 bits per heavy atom. The van der Waals surface area contributed by atoms with E-state index in [1.807, 2.05) is 103 Å². The minimum atomic E-state index is -0.111. The van der Waals surface area contributed by atoms with Crippen LogP contribution in [0, 0.1) is 0 Å². The fourth-order valence-electron chi connectivity index (χ4n) is 15.3. The SMILES string of the molecule is Clc1c(Cl)c2c(c(Cl)c1Oc1ccccc1-c1ccccc1)-c1nc-2nc2[n-]c(nc3nc(nc4[n-]c(n1)c1c(Cl)c(Cl)c(Oc5ccccc5C5CCCCC5)c(Cl)c41)-c1c(Cl)c(Cl)c(Oc4ccccc4C4CCCCC4)c(Cl)c1-3)c1c(Cl)c(Oc3ccccc3C3CCCCC3)c(Cl)c(Cl)c21.[Zn+2]. The van der Waals surface area contributed by atoms with Crippen molar-refractivity contribution >= 4 is 183 Å². The van der Waals surface area contributed by atoms with E-state index < -0.39 is 0 Å². The van der Waals surface area contributed by atoms with Gasteiger partial charge in [0.2, 0.25) is 0 Å². The van der Waals surface area contributed by atoms with Gasteiger partial charge in [0.15, 0.2) is 23.0 Å². The molecule has 0 atom stereocenters. The van der Waals surface area contributed by atoms with Gasteiger partial charge in [-0.15, -0.1) is 0 Å². The van der Waals surface area contributed by atoms with E-state index in [0.717, 1.165) is 124 Å². The summed E-state index contributed by atoms with van der Waals surface area (Å²) >= 11 is 91.7. The molecule has 5 heterocycles. The molecule has 3 aliphatic carbocycles. The Balaban J connectivity index is 0.00000847. The van der Waals surface area contributed by atoms with Crippen molar-refractivity contribution in [3.05, 3.63) is 204 Å². The Bertz CT molecular complexity index is 5730. The van der Waals surface area contributed by atoms with Crippen molar-refractivity contribution in [2.45, 2.75) is 114 Å². The van der Waals surface area contributed by atoms with Gasteiger partial charge in [0.1, 0.15) is 43.1 Å². The van der Waals surface area contributed by atoms with E-state index in [1.54, 1.807) is 6.07 Å². The van der Waals surface area contributed by atoms with Crippen LogP contribution in [0.5, 0.6) is 46.0 Å². The molecule has 0 spiro atoms. The average Bonchev–Trinajstić information content (AvgIpc) is 1.59. The zero-order valence-electron chi connectivity index (χ0n) is 55.4. The number of fused-ring (bicyclic) bond motifs is 20. The molecule has 12 nitrogen and oxygen atoms in total. The van der Waals surface area contributed by atoms with Crippen molar-refractivity contribution in [2.24, 2.45) is 0 Å². The van der Waals surface area contributed by atoms with E-state index >= 15 is 0 Å². The molecule has 8 bridgehead atoms.